The van der Waals surface area contributed by atoms with Gasteiger partial charge in [-0.05, 0) is 24.0 Å². The zero-order valence-electron chi connectivity index (χ0n) is 9.82. The minimum Gasteiger partial charge on any atom is -0.330 e. The molecule has 0 radical (unpaired) electrons. The van der Waals surface area contributed by atoms with Crippen LogP contribution in [0.15, 0.2) is 48.6 Å². The van der Waals surface area contributed by atoms with Crippen molar-refractivity contribution in [2.24, 2.45) is 11.1 Å². The van der Waals surface area contributed by atoms with Crippen molar-refractivity contribution in [3.63, 3.8) is 0 Å². The van der Waals surface area contributed by atoms with Crippen LogP contribution in [0, 0.1) is 5.41 Å². The summed E-state index contributed by atoms with van der Waals surface area (Å²) < 4.78 is 0. The summed E-state index contributed by atoms with van der Waals surface area (Å²) in [7, 11) is 0. The number of benzene rings is 1. The summed E-state index contributed by atoms with van der Waals surface area (Å²) in [5.74, 6) is 0. The van der Waals surface area contributed by atoms with Crippen molar-refractivity contribution in [2.75, 3.05) is 6.54 Å². The molecule has 16 heavy (non-hydrogen) atoms. The van der Waals surface area contributed by atoms with E-state index in [1.54, 1.807) is 0 Å². The van der Waals surface area contributed by atoms with Crippen molar-refractivity contribution in [1.29, 1.82) is 0 Å². The first kappa shape index (κ1) is 11.2. The van der Waals surface area contributed by atoms with E-state index in [9.17, 15) is 0 Å². The first-order valence-corrected chi connectivity index (χ1v) is 5.94. The smallest absolute Gasteiger partial charge is 0.00398 e. The van der Waals surface area contributed by atoms with Gasteiger partial charge in [-0.1, -0.05) is 55.5 Å². The van der Waals surface area contributed by atoms with Crippen LogP contribution in [0.3, 0.4) is 0 Å². The van der Waals surface area contributed by atoms with Gasteiger partial charge < -0.3 is 5.73 Å². The molecule has 1 atom stereocenters. The first-order chi connectivity index (χ1) is 7.79. The van der Waals surface area contributed by atoms with Gasteiger partial charge in [0.2, 0.25) is 0 Å². The van der Waals surface area contributed by atoms with Gasteiger partial charge in [0.25, 0.3) is 0 Å². The topological polar surface area (TPSA) is 26.0 Å². The number of nitrogens with two attached hydrogens (primary N) is 1. The fourth-order valence-electron chi connectivity index (χ4n) is 2.12. The van der Waals surface area contributed by atoms with E-state index >= 15 is 0 Å². The molecule has 0 amide bonds. The van der Waals surface area contributed by atoms with E-state index in [0.29, 0.717) is 0 Å². The van der Waals surface area contributed by atoms with E-state index in [0.717, 1.165) is 19.4 Å². The lowest BCUT2D eigenvalue weighted by Gasteiger charge is -2.29. The lowest BCUT2D eigenvalue weighted by Crippen LogP contribution is -2.28. The van der Waals surface area contributed by atoms with Crippen molar-refractivity contribution in [3.05, 3.63) is 54.1 Å². The van der Waals surface area contributed by atoms with E-state index in [-0.39, 0.29) is 5.41 Å². The molecule has 1 aliphatic carbocycles. The van der Waals surface area contributed by atoms with Crippen molar-refractivity contribution in [3.8, 4) is 0 Å². The van der Waals surface area contributed by atoms with Crippen LogP contribution in [0.4, 0.5) is 0 Å². The molecule has 0 aromatic heterocycles. The Morgan fingerprint density at radius 2 is 2.00 bits per heavy atom. The molecule has 0 fully saturated rings. The van der Waals surface area contributed by atoms with Crippen LogP contribution in [0.2, 0.25) is 0 Å². The molecule has 0 aliphatic heterocycles. The molecule has 0 unspecified atom stereocenters. The summed E-state index contributed by atoms with van der Waals surface area (Å²) in [6.45, 7) is 2.94. The Bertz CT molecular complexity index is 397. The Hall–Kier alpha value is -1.34. The first-order valence-electron chi connectivity index (χ1n) is 5.94. The maximum absolute atomic E-state index is 5.85. The predicted molar refractivity (Wildman–Crippen MR) is 70.0 cm³/mol. The third-order valence-electron chi connectivity index (χ3n) is 3.56. The molecule has 84 valence electrons. The highest BCUT2D eigenvalue weighted by Crippen LogP contribution is 2.34. The Morgan fingerprint density at radius 3 is 2.50 bits per heavy atom. The van der Waals surface area contributed by atoms with Crippen LogP contribution >= 0.6 is 0 Å². The normalized spacial score (nSPS) is 24.2. The summed E-state index contributed by atoms with van der Waals surface area (Å²) in [5.41, 5.74) is 8.65. The number of rotatable bonds is 3. The quantitative estimate of drug-likeness (QED) is 0.818. The van der Waals surface area contributed by atoms with Crippen LogP contribution in [-0.4, -0.2) is 6.54 Å². The van der Waals surface area contributed by atoms with Gasteiger partial charge in [0, 0.05) is 12.0 Å². The largest absolute Gasteiger partial charge is 0.330 e. The van der Waals surface area contributed by atoms with Crippen molar-refractivity contribution in [2.45, 2.75) is 19.8 Å². The van der Waals surface area contributed by atoms with Gasteiger partial charge in [0.15, 0.2) is 0 Å². The minimum absolute atomic E-state index is 0.193. The third kappa shape index (κ3) is 2.10. The highest BCUT2D eigenvalue weighted by Gasteiger charge is 2.24. The van der Waals surface area contributed by atoms with Gasteiger partial charge in [-0.2, -0.15) is 0 Å². The maximum atomic E-state index is 5.85. The monoisotopic (exact) mass is 213 g/mol. The van der Waals surface area contributed by atoms with Crippen LogP contribution in [0.5, 0.6) is 0 Å². The minimum atomic E-state index is 0.193. The van der Waals surface area contributed by atoms with Crippen molar-refractivity contribution >= 4 is 5.57 Å². The van der Waals surface area contributed by atoms with Gasteiger partial charge in [-0.15, -0.1) is 0 Å². The molecule has 2 rings (SSSR count). The molecular formula is C15H19N. The molecule has 1 aliphatic rings. The SMILES string of the molecule is CC[C@@]1(CN)C=CC(c2ccccc2)=CC1. The average Bonchev–Trinajstić information content (AvgIpc) is 2.40. The van der Waals surface area contributed by atoms with E-state index in [2.05, 4.69) is 49.4 Å². The maximum Gasteiger partial charge on any atom is 0.00398 e. The molecule has 1 heteroatoms. The van der Waals surface area contributed by atoms with E-state index < -0.39 is 0 Å². The van der Waals surface area contributed by atoms with Gasteiger partial charge in [-0.3, -0.25) is 0 Å². The fourth-order valence-corrected chi connectivity index (χ4v) is 2.12. The highest BCUT2D eigenvalue weighted by atomic mass is 14.6. The predicted octanol–water partition coefficient (Wildman–Crippen LogP) is 3.39. The van der Waals surface area contributed by atoms with E-state index in [4.69, 9.17) is 5.73 Å². The fraction of sp³-hybridized carbons (Fsp3) is 0.333. The van der Waals surface area contributed by atoms with Crippen LogP contribution in [-0.2, 0) is 0 Å². The summed E-state index contributed by atoms with van der Waals surface area (Å²) in [6, 6.07) is 10.5. The van der Waals surface area contributed by atoms with Crippen molar-refractivity contribution < 1.29 is 0 Å². The van der Waals surface area contributed by atoms with Gasteiger partial charge in [-0.25, -0.2) is 0 Å². The lowest BCUT2D eigenvalue weighted by molar-refractivity contribution is 0.381. The second-order valence-corrected chi connectivity index (χ2v) is 4.48. The summed E-state index contributed by atoms with van der Waals surface area (Å²) in [5, 5.41) is 0. The number of allylic oxidation sites excluding steroid dienone is 3. The molecular weight excluding hydrogens is 194 g/mol. The summed E-state index contributed by atoms with van der Waals surface area (Å²) >= 11 is 0. The highest BCUT2D eigenvalue weighted by molar-refractivity contribution is 5.75. The second-order valence-electron chi connectivity index (χ2n) is 4.48. The second kappa shape index (κ2) is 4.67. The average molecular weight is 213 g/mol. The van der Waals surface area contributed by atoms with Gasteiger partial charge in [0.1, 0.15) is 0 Å². The van der Waals surface area contributed by atoms with Crippen LogP contribution < -0.4 is 5.73 Å². The third-order valence-corrected chi connectivity index (χ3v) is 3.56. The molecule has 0 spiro atoms. The Morgan fingerprint density at radius 1 is 1.25 bits per heavy atom. The molecule has 0 saturated carbocycles. The molecule has 0 saturated heterocycles. The van der Waals surface area contributed by atoms with E-state index in [1.165, 1.54) is 11.1 Å². The van der Waals surface area contributed by atoms with Gasteiger partial charge in [0.05, 0.1) is 0 Å². The molecule has 1 aromatic carbocycles. The zero-order chi connectivity index (χ0) is 11.4. The molecule has 1 aromatic rings. The Labute approximate surface area is 97.7 Å². The number of hydrogen-bond acceptors (Lipinski definition) is 1. The molecule has 0 heterocycles. The van der Waals surface area contributed by atoms with Crippen molar-refractivity contribution in [1.82, 2.24) is 0 Å². The molecule has 2 N–H and O–H groups in total. The van der Waals surface area contributed by atoms with E-state index in [1.807, 2.05) is 6.07 Å². The van der Waals surface area contributed by atoms with Crippen LogP contribution in [0.25, 0.3) is 5.57 Å². The van der Waals surface area contributed by atoms with Crippen LogP contribution in [0.1, 0.15) is 25.3 Å². The standard InChI is InChI=1S/C15H19N/c1-2-15(12-16)10-8-14(9-11-15)13-6-4-3-5-7-13/h3-10H,2,11-12,16H2,1H3/t15-/m1/s1. The molecule has 1 nitrogen and oxygen atoms in total. The molecule has 0 bridgehead atoms. The number of hydrogen-bond donors (Lipinski definition) is 1. The Balaban J connectivity index is 2.20. The lowest BCUT2D eigenvalue weighted by atomic mass is 9.77. The Kier molecular flexibility index (Phi) is 3.25. The summed E-state index contributed by atoms with van der Waals surface area (Å²) in [6.07, 6.45) is 8.98. The van der Waals surface area contributed by atoms with Gasteiger partial charge >= 0.3 is 0 Å². The summed E-state index contributed by atoms with van der Waals surface area (Å²) in [4.78, 5) is 0. The zero-order valence-corrected chi connectivity index (χ0v) is 9.82.